The zero-order valence-corrected chi connectivity index (χ0v) is 24.7. The molecule has 42 heavy (non-hydrogen) atoms. The molecule has 3 heterocycles. The number of terminal acetylenes is 1. The van der Waals surface area contributed by atoms with Gasteiger partial charge in [-0.3, -0.25) is 10.1 Å². The van der Waals surface area contributed by atoms with Gasteiger partial charge in [-0.15, -0.1) is 6.42 Å². The number of hydrogen-bond donors (Lipinski definition) is 2. The van der Waals surface area contributed by atoms with Crippen LogP contribution in [-0.2, 0) is 26.3 Å². The molecule has 10 nitrogen and oxygen atoms in total. The van der Waals surface area contributed by atoms with Gasteiger partial charge in [-0.25, -0.2) is 9.59 Å². The third-order valence-electron chi connectivity index (χ3n) is 8.56. The summed E-state index contributed by atoms with van der Waals surface area (Å²) in [5.74, 6) is 2.26. The van der Waals surface area contributed by atoms with Crippen LogP contribution < -0.4 is 11.1 Å². The summed E-state index contributed by atoms with van der Waals surface area (Å²) in [6, 6.07) is 11.3. The Morgan fingerprint density at radius 3 is 2.55 bits per heavy atom. The first-order chi connectivity index (χ1) is 20.1. The van der Waals surface area contributed by atoms with Crippen LogP contribution >= 0.6 is 11.6 Å². The van der Waals surface area contributed by atoms with E-state index in [1.807, 2.05) is 38.4 Å². The lowest BCUT2D eigenvalue weighted by molar-refractivity contribution is -0.142. The highest BCUT2D eigenvalue weighted by atomic mass is 35.5. The van der Waals surface area contributed by atoms with Crippen molar-refractivity contribution in [1.29, 1.82) is 0 Å². The number of rotatable bonds is 5. The van der Waals surface area contributed by atoms with E-state index in [1.54, 1.807) is 21.9 Å². The molecule has 5 rings (SSSR count). The minimum Gasteiger partial charge on any atom is -0.438 e. The molecule has 2 aromatic rings. The summed E-state index contributed by atoms with van der Waals surface area (Å²) in [4.78, 5) is 45.0. The molecule has 3 aliphatic rings. The van der Waals surface area contributed by atoms with Crippen molar-refractivity contribution in [3.8, 4) is 12.3 Å². The van der Waals surface area contributed by atoms with Gasteiger partial charge in [-0.1, -0.05) is 35.7 Å². The van der Waals surface area contributed by atoms with Crippen molar-refractivity contribution >= 4 is 41.1 Å². The Bertz CT molecular complexity index is 1410. The van der Waals surface area contributed by atoms with Gasteiger partial charge in [0, 0.05) is 62.6 Å². The van der Waals surface area contributed by atoms with Crippen LogP contribution in [0.2, 0.25) is 5.02 Å². The molecule has 0 radical (unpaired) electrons. The van der Waals surface area contributed by atoms with Gasteiger partial charge in [-0.2, -0.15) is 0 Å². The first-order valence-electron chi connectivity index (χ1n) is 14.1. The highest BCUT2D eigenvalue weighted by Gasteiger charge is 2.45. The fraction of sp³-hybridized carbons (Fsp3) is 0.452. The topological polar surface area (TPSA) is 117 Å². The Hall–Kier alpha value is -3.94. The summed E-state index contributed by atoms with van der Waals surface area (Å²) in [5, 5.41) is 3.02. The summed E-state index contributed by atoms with van der Waals surface area (Å²) < 4.78 is 11.7. The maximum absolute atomic E-state index is 13.8. The summed E-state index contributed by atoms with van der Waals surface area (Å²) in [6.45, 7) is 1.73. The second-order valence-corrected chi connectivity index (χ2v) is 11.7. The molecule has 2 saturated heterocycles. The molecule has 0 saturated carbocycles. The Morgan fingerprint density at radius 2 is 1.88 bits per heavy atom. The molecule has 2 aromatic carbocycles. The number of para-hydroxylation sites is 1. The van der Waals surface area contributed by atoms with Crippen molar-refractivity contribution in [2.24, 2.45) is 0 Å². The van der Waals surface area contributed by atoms with Gasteiger partial charge in [0.05, 0.1) is 16.4 Å². The number of piperidine rings is 2. The summed E-state index contributed by atoms with van der Waals surface area (Å²) in [7, 11) is 4.07. The van der Waals surface area contributed by atoms with Gasteiger partial charge in [0.1, 0.15) is 5.60 Å². The number of carbonyl (C=O) groups excluding carboxylic acids is 3. The Kier molecular flexibility index (Phi) is 8.53. The minimum atomic E-state index is -1.08. The molecule has 222 valence electrons. The molecule has 1 spiro atoms. The van der Waals surface area contributed by atoms with Crippen molar-refractivity contribution in [3.05, 3.63) is 58.1 Å². The van der Waals surface area contributed by atoms with E-state index >= 15 is 0 Å². The number of ether oxygens (including phenoxy) is 2. The number of nitrogen functional groups attached to an aromatic ring is 1. The number of likely N-dealkylation sites (tertiary alicyclic amines) is 2. The number of anilines is 2. The van der Waals surface area contributed by atoms with E-state index in [-0.39, 0.29) is 23.0 Å². The van der Waals surface area contributed by atoms with E-state index < -0.39 is 23.9 Å². The van der Waals surface area contributed by atoms with Crippen LogP contribution in [0, 0.1) is 12.3 Å². The number of nitrogens with two attached hydrogens (primary N) is 1. The zero-order valence-electron chi connectivity index (χ0n) is 23.9. The van der Waals surface area contributed by atoms with Crippen LogP contribution in [-0.4, -0.2) is 85.2 Å². The maximum Gasteiger partial charge on any atom is 0.412 e. The van der Waals surface area contributed by atoms with Crippen molar-refractivity contribution in [1.82, 2.24) is 14.7 Å². The van der Waals surface area contributed by atoms with E-state index in [4.69, 9.17) is 33.2 Å². The molecule has 0 bridgehead atoms. The third-order valence-corrected chi connectivity index (χ3v) is 8.88. The first kappa shape index (κ1) is 29.5. The standard InChI is InChI=1S/C31H36ClN5O5/c1-4-21-17-20(18-24(32)27(21)33)19-26(28(38)36-13-9-22(10-14-36)35(2)3)41-30(40)37-15-11-31(12-16-37)23-7-5-6-8-25(23)34-29(39)42-31/h1,5-8,17-18,22,26H,9-16,19,33H2,2-3H3,(H,34,39)/t26-/m1/s1. The van der Waals surface area contributed by atoms with Gasteiger partial charge >= 0.3 is 12.2 Å². The van der Waals surface area contributed by atoms with Crippen LogP contribution in [0.15, 0.2) is 36.4 Å². The smallest absolute Gasteiger partial charge is 0.412 e. The number of nitrogens with zero attached hydrogens (tertiary/aromatic N) is 3. The van der Waals surface area contributed by atoms with Crippen molar-refractivity contribution < 1.29 is 23.9 Å². The molecule has 0 aliphatic carbocycles. The van der Waals surface area contributed by atoms with Gasteiger partial charge < -0.3 is 29.9 Å². The predicted molar refractivity (Wildman–Crippen MR) is 160 cm³/mol. The fourth-order valence-corrected chi connectivity index (χ4v) is 6.33. The molecule has 1 atom stereocenters. The van der Waals surface area contributed by atoms with Gasteiger partial charge in [-0.05, 0) is 50.7 Å². The Morgan fingerprint density at radius 1 is 1.19 bits per heavy atom. The molecule has 3 amide bonds. The summed E-state index contributed by atoms with van der Waals surface area (Å²) >= 11 is 6.32. The van der Waals surface area contributed by atoms with Crippen LogP contribution in [0.25, 0.3) is 0 Å². The molecular formula is C31H36ClN5O5. The molecule has 3 aliphatic heterocycles. The van der Waals surface area contributed by atoms with Gasteiger partial charge in [0.15, 0.2) is 6.10 Å². The molecule has 0 unspecified atom stereocenters. The average Bonchev–Trinajstić information content (AvgIpc) is 2.98. The maximum atomic E-state index is 13.8. The number of hydrogen-bond acceptors (Lipinski definition) is 7. The van der Waals surface area contributed by atoms with Crippen LogP contribution in [0.1, 0.15) is 42.4 Å². The van der Waals surface area contributed by atoms with E-state index in [0.29, 0.717) is 61.9 Å². The third kappa shape index (κ3) is 5.98. The lowest BCUT2D eigenvalue weighted by atomic mass is 9.82. The van der Waals surface area contributed by atoms with Crippen molar-refractivity contribution in [2.75, 3.05) is 51.3 Å². The Labute approximate surface area is 251 Å². The van der Waals surface area contributed by atoms with Gasteiger partial charge in [0.2, 0.25) is 0 Å². The highest BCUT2D eigenvalue weighted by Crippen LogP contribution is 2.43. The quantitative estimate of drug-likeness (QED) is 0.397. The molecule has 3 N–H and O–H groups in total. The summed E-state index contributed by atoms with van der Waals surface area (Å²) in [6.07, 6.45) is 6.00. The first-order valence-corrected chi connectivity index (χ1v) is 14.5. The zero-order chi connectivity index (χ0) is 30.0. The van der Waals surface area contributed by atoms with Crippen LogP contribution in [0.5, 0.6) is 0 Å². The van der Waals surface area contributed by atoms with E-state index in [0.717, 1.165) is 18.4 Å². The number of carbonyl (C=O) groups is 3. The lowest BCUT2D eigenvalue weighted by Gasteiger charge is -2.44. The second-order valence-electron chi connectivity index (χ2n) is 11.3. The molecule has 2 fully saturated rings. The number of nitrogens with one attached hydrogen (secondary N) is 1. The van der Waals surface area contributed by atoms with Crippen LogP contribution in [0.4, 0.5) is 21.0 Å². The minimum absolute atomic E-state index is 0.0985. The van der Waals surface area contributed by atoms with Crippen molar-refractivity contribution in [3.63, 3.8) is 0 Å². The average molecular weight is 594 g/mol. The number of amides is 3. The monoisotopic (exact) mass is 593 g/mol. The SMILES string of the molecule is C#Cc1cc(C[C@@H](OC(=O)N2CCC3(CC2)OC(=O)Nc2ccccc23)C(=O)N2CCC(N(C)C)CC2)cc(Cl)c1N. The van der Waals surface area contributed by atoms with Crippen LogP contribution in [0.3, 0.4) is 0 Å². The lowest BCUT2D eigenvalue weighted by Crippen LogP contribution is -2.52. The molecule has 0 aromatic heterocycles. The van der Waals surface area contributed by atoms with E-state index in [9.17, 15) is 14.4 Å². The normalized spacial score (nSPS) is 19.0. The molecule has 11 heteroatoms. The Balaban J connectivity index is 1.32. The predicted octanol–water partition coefficient (Wildman–Crippen LogP) is 4.06. The molecular weight excluding hydrogens is 558 g/mol. The van der Waals surface area contributed by atoms with Gasteiger partial charge in [0.25, 0.3) is 5.91 Å². The largest absolute Gasteiger partial charge is 0.438 e. The number of benzene rings is 2. The van der Waals surface area contributed by atoms with E-state index in [2.05, 4.69) is 16.1 Å². The highest BCUT2D eigenvalue weighted by molar-refractivity contribution is 6.33. The summed E-state index contributed by atoms with van der Waals surface area (Å²) in [5.41, 5.74) is 8.12. The number of halogens is 1. The second kappa shape index (κ2) is 12.1. The van der Waals surface area contributed by atoms with E-state index in [1.165, 1.54) is 0 Å². The number of fused-ring (bicyclic) bond motifs is 2. The van der Waals surface area contributed by atoms with Crippen molar-refractivity contribution in [2.45, 2.75) is 49.9 Å². The fourth-order valence-electron chi connectivity index (χ4n) is 6.09.